The van der Waals surface area contributed by atoms with E-state index < -0.39 is 0 Å². The van der Waals surface area contributed by atoms with Crippen LogP contribution in [-0.2, 0) is 13.1 Å². The zero-order valence-electron chi connectivity index (χ0n) is 14.4. The summed E-state index contributed by atoms with van der Waals surface area (Å²) in [5, 5.41) is 6.48. The number of hydrogen-bond acceptors (Lipinski definition) is 3. The molecule has 0 fully saturated rings. The van der Waals surface area contributed by atoms with E-state index in [1.165, 1.54) is 12.1 Å². The molecule has 0 saturated heterocycles. The molecule has 0 amide bonds. The number of hydrogen-bond donors (Lipinski definition) is 2. The monoisotopic (exact) mass is 329 g/mol. The largest absolute Gasteiger partial charge is 0.363 e. The Morgan fingerprint density at radius 3 is 2.71 bits per heavy atom. The molecule has 5 nitrogen and oxygen atoms in total. The van der Waals surface area contributed by atoms with Gasteiger partial charge in [-0.3, -0.25) is 0 Å². The number of guanidine groups is 1. The van der Waals surface area contributed by atoms with Crippen LogP contribution in [0, 0.1) is 5.82 Å². The number of aromatic nitrogens is 1. The van der Waals surface area contributed by atoms with Gasteiger partial charge in [-0.1, -0.05) is 12.1 Å². The minimum atomic E-state index is -0.242. The predicted molar refractivity (Wildman–Crippen MR) is 96.6 cm³/mol. The molecular formula is C18H24FN5. The summed E-state index contributed by atoms with van der Waals surface area (Å²) in [5.41, 5.74) is 1.95. The van der Waals surface area contributed by atoms with Gasteiger partial charge in [0.2, 0.25) is 0 Å². The molecule has 0 aliphatic rings. The van der Waals surface area contributed by atoms with Gasteiger partial charge in [-0.2, -0.15) is 0 Å². The summed E-state index contributed by atoms with van der Waals surface area (Å²) < 4.78 is 13.2. The summed E-state index contributed by atoms with van der Waals surface area (Å²) >= 11 is 0. The summed E-state index contributed by atoms with van der Waals surface area (Å²) in [6.45, 7) is 3.83. The molecule has 0 spiro atoms. The van der Waals surface area contributed by atoms with Crippen LogP contribution in [-0.4, -0.2) is 31.6 Å². The van der Waals surface area contributed by atoms with E-state index in [2.05, 4.69) is 20.6 Å². The highest BCUT2D eigenvalue weighted by molar-refractivity contribution is 5.79. The fourth-order valence-electron chi connectivity index (χ4n) is 2.15. The highest BCUT2D eigenvalue weighted by Crippen LogP contribution is 2.09. The molecule has 0 saturated carbocycles. The average Bonchev–Trinajstić information content (AvgIpc) is 2.57. The Bertz CT molecular complexity index is 685. The Balaban J connectivity index is 2.00. The fourth-order valence-corrected chi connectivity index (χ4v) is 2.15. The lowest BCUT2D eigenvalue weighted by Crippen LogP contribution is -2.36. The van der Waals surface area contributed by atoms with Crippen LogP contribution in [0.5, 0.6) is 0 Å². The molecule has 6 heteroatoms. The van der Waals surface area contributed by atoms with E-state index in [0.29, 0.717) is 19.0 Å². The van der Waals surface area contributed by atoms with Gasteiger partial charge in [-0.05, 0) is 42.3 Å². The molecule has 2 aromatic rings. The molecule has 0 aliphatic carbocycles. The lowest BCUT2D eigenvalue weighted by molar-refractivity contribution is 0.625. The van der Waals surface area contributed by atoms with Crippen molar-refractivity contribution < 1.29 is 4.39 Å². The summed E-state index contributed by atoms with van der Waals surface area (Å²) in [6, 6.07) is 10.5. The zero-order chi connectivity index (χ0) is 17.4. The van der Waals surface area contributed by atoms with Gasteiger partial charge in [0.15, 0.2) is 5.96 Å². The average molecular weight is 329 g/mol. The second-order valence-corrected chi connectivity index (χ2v) is 5.60. The van der Waals surface area contributed by atoms with Crippen LogP contribution in [0.4, 0.5) is 10.2 Å². The van der Waals surface area contributed by atoms with Crippen molar-refractivity contribution in [3.63, 3.8) is 0 Å². The molecule has 24 heavy (non-hydrogen) atoms. The van der Waals surface area contributed by atoms with Crippen LogP contribution in [0.3, 0.4) is 0 Å². The smallest absolute Gasteiger partial charge is 0.191 e. The van der Waals surface area contributed by atoms with Crippen LogP contribution in [0.15, 0.2) is 47.6 Å². The van der Waals surface area contributed by atoms with Gasteiger partial charge < -0.3 is 15.5 Å². The first kappa shape index (κ1) is 17.7. The third-order valence-corrected chi connectivity index (χ3v) is 3.38. The summed E-state index contributed by atoms with van der Waals surface area (Å²) in [6.07, 6.45) is 1.79. The number of pyridine rings is 1. The fraction of sp³-hybridized carbons (Fsp3) is 0.333. The lowest BCUT2D eigenvalue weighted by atomic mass is 10.2. The van der Waals surface area contributed by atoms with Crippen LogP contribution in [0.25, 0.3) is 0 Å². The summed E-state index contributed by atoms with van der Waals surface area (Å²) in [4.78, 5) is 10.8. The number of benzene rings is 1. The molecule has 0 bridgehead atoms. The lowest BCUT2D eigenvalue weighted by Gasteiger charge is -2.14. The van der Waals surface area contributed by atoms with Gasteiger partial charge in [0.1, 0.15) is 11.6 Å². The van der Waals surface area contributed by atoms with Gasteiger partial charge in [-0.25, -0.2) is 14.4 Å². The highest BCUT2D eigenvalue weighted by atomic mass is 19.1. The third kappa shape index (κ3) is 5.53. The second-order valence-electron chi connectivity index (χ2n) is 5.60. The van der Waals surface area contributed by atoms with E-state index in [9.17, 15) is 4.39 Å². The molecule has 0 aliphatic heterocycles. The normalized spacial score (nSPS) is 11.2. The maximum atomic E-state index is 13.2. The molecular weight excluding hydrogens is 305 g/mol. The molecule has 2 N–H and O–H groups in total. The SMILES string of the molecule is CCNC(=NCc1cccc(F)c1)NCc1ccnc(N(C)C)c1. The standard InChI is InChI=1S/C18H24FN5/c1-4-20-18(22-12-14-6-5-7-16(19)10-14)23-13-15-8-9-21-17(11-15)24(2)3/h5-11H,4,12-13H2,1-3H3,(H2,20,22,23). The summed E-state index contributed by atoms with van der Waals surface area (Å²) in [5.74, 6) is 1.37. The molecule has 1 aromatic carbocycles. The first-order valence-corrected chi connectivity index (χ1v) is 7.97. The number of anilines is 1. The molecule has 2 rings (SSSR count). The van der Waals surface area contributed by atoms with E-state index in [4.69, 9.17) is 0 Å². The Morgan fingerprint density at radius 1 is 1.17 bits per heavy atom. The Morgan fingerprint density at radius 2 is 2.00 bits per heavy atom. The molecule has 0 unspecified atom stereocenters. The molecule has 1 aromatic heterocycles. The Kier molecular flexibility index (Phi) is 6.54. The first-order chi connectivity index (χ1) is 11.6. The van der Waals surface area contributed by atoms with Crippen LogP contribution in [0.1, 0.15) is 18.1 Å². The van der Waals surface area contributed by atoms with E-state index in [-0.39, 0.29) is 5.82 Å². The third-order valence-electron chi connectivity index (χ3n) is 3.38. The highest BCUT2D eigenvalue weighted by Gasteiger charge is 2.02. The van der Waals surface area contributed by atoms with E-state index in [1.54, 1.807) is 12.3 Å². The topological polar surface area (TPSA) is 52.6 Å². The van der Waals surface area contributed by atoms with Crippen molar-refractivity contribution in [3.05, 3.63) is 59.5 Å². The van der Waals surface area contributed by atoms with E-state index >= 15 is 0 Å². The summed E-state index contributed by atoms with van der Waals surface area (Å²) in [7, 11) is 3.92. The van der Waals surface area contributed by atoms with Crippen molar-refractivity contribution in [2.75, 3.05) is 25.5 Å². The van der Waals surface area contributed by atoms with Crippen molar-refractivity contribution in [1.29, 1.82) is 0 Å². The van der Waals surface area contributed by atoms with Gasteiger partial charge in [0.25, 0.3) is 0 Å². The maximum absolute atomic E-state index is 13.2. The quantitative estimate of drug-likeness (QED) is 0.632. The molecule has 0 radical (unpaired) electrons. The zero-order valence-corrected chi connectivity index (χ0v) is 14.4. The number of nitrogens with one attached hydrogen (secondary N) is 2. The number of aliphatic imine (C=N–C) groups is 1. The van der Waals surface area contributed by atoms with Crippen molar-refractivity contribution >= 4 is 11.8 Å². The van der Waals surface area contributed by atoms with E-state index in [0.717, 1.165) is 23.5 Å². The minimum absolute atomic E-state index is 0.242. The van der Waals surface area contributed by atoms with Crippen molar-refractivity contribution in [2.24, 2.45) is 4.99 Å². The van der Waals surface area contributed by atoms with Crippen molar-refractivity contribution in [1.82, 2.24) is 15.6 Å². The van der Waals surface area contributed by atoms with E-state index in [1.807, 2.05) is 44.1 Å². The van der Waals surface area contributed by atoms with Crippen LogP contribution < -0.4 is 15.5 Å². The number of rotatable bonds is 6. The van der Waals surface area contributed by atoms with Crippen LogP contribution in [0.2, 0.25) is 0 Å². The molecule has 128 valence electrons. The number of halogens is 1. The molecule has 1 heterocycles. The Hall–Kier alpha value is -2.63. The maximum Gasteiger partial charge on any atom is 0.191 e. The minimum Gasteiger partial charge on any atom is -0.363 e. The van der Waals surface area contributed by atoms with Crippen LogP contribution >= 0.6 is 0 Å². The van der Waals surface area contributed by atoms with Gasteiger partial charge in [0.05, 0.1) is 6.54 Å². The predicted octanol–water partition coefficient (Wildman–Crippen LogP) is 2.54. The van der Waals surface area contributed by atoms with Gasteiger partial charge >= 0.3 is 0 Å². The van der Waals surface area contributed by atoms with Gasteiger partial charge in [-0.15, -0.1) is 0 Å². The van der Waals surface area contributed by atoms with Gasteiger partial charge in [0, 0.05) is 33.4 Å². The van der Waals surface area contributed by atoms with Crippen molar-refractivity contribution in [3.8, 4) is 0 Å². The number of nitrogens with zero attached hydrogens (tertiary/aromatic N) is 3. The molecule has 0 atom stereocenters. The first-order valence-electron chi connectivity index (χ1n) is 7.97. The second kappa shape index (κ2) is 8.86. The Labute approximate surface area is 142 Å². The van der Waals surface area contributed by atoms with Crippen molar-refractivity contribution in [2.45, 2.75) is 20.0 Å².